The van der Waals surface area contributed by atoms with E-state index in [9.17, 15) is 9.67 Å². The summed E-state index contributed by atoms with van der Waals surface area (Å²) in [6.07, 6.45) is 0.609. The van der Waals surface area contributed by atoms with Crippen molar-refractivity contribution >= 4 is 31.0 Å². The first kappa shape index (κ1) is 20.1. The number of nitrogens with one attached hydrogen (secondary N) is 1. The highest BCUT2D eigenvalue weighted by atomic mass is 35.5. The van der Waals surface area contributed by atoms with Crippen molar-refractivity contribution in [3.8, 4) is 0 Å². The van der Waals surface area contributed by atoms with Crippen molar-refractivity contribution in [2.45, 2.75) is 32.8 Å². The van der Waals surface area contributed by atoms with Gasteiger partial charge >= 0.3 is 7.60 Å². The number of nitrogens with zero attached hydrogens (tertiary/aromatic N) is 2. The molecule has 0 saturated heterocycles. The summed E-state index contributed by atoms with van der Waals surface area (Å²) in [4.78, 5) is 7.69. The Morgan fingerprint density at radius 1 is 1.39 bits per heavy atom. The first-order chi connectivity index (χ1) is 10.9. The zero-order valence-electron chi connectivity index (χ0n) is 13.4. The predicted molar refractivity (Wildman–Crippen MR) is 90.9 cm³/mol. The van der Waals surface area contributed by atoms with Crippen LogP contribution in [-0.4, -0.2) is 47.1 Å². The molecule has 1 unspecified atom stereocenters. The molecule has 0 fully saturated rings. The van der Waals surface area contributed by atoms with Crippen LogP contribution in [0.25, 0.3) is 0 Å². The fourth-order valence-corrected chi connectivity index (χ4v) is 3.81. The molecule has 1 aromatic heterocycles. The molecule has 1 aromatic rings. The van der Waals surface area contributed by atoms with E-state index in [1.807, 2.05) is 0 Å². The van der Waals surface area contributed by atoms with Crippen molar-refractivity contribution in [3.05, 3.63) is 11.2 Å². The number of nitrogen functional groups attached to an aromatic ring is 1. The van der Waals surface area contributed by atoms with Gasteiger partial charge in [0.2, 0.25) is 5.95 Å². The van der Waals surface area contributed by atoms with Crippen molar-refractivity contribution in [1.82, 2.24) is 9.97 Å². The molecule has 0 amide bonds. The number of anilines is 2. The molecule has 0 aromatic carbocycles. The summed E-state index contributed by atoms with van der Waals surface area (Å²) < 4.78 is 22.7. The lowest BCUT2D eigenvalue weighted by Crippen LogP contribution is -2.20. The number of hydrogen-bond donors (Lipinski definition) is 3. The van der Waals surface area contributed by atoms with E-state index < -0.39 is 13.7 Å². The summed E-state index contributed by atoms with van der Waals surface area (Å²) in [5.41, 5.74) is 5.48. The molecule has 132 valence electrons. The van der Waals surface area contributed by atoms with Crippen LogP contribution in [0.3, 0.4) is 0 Å². The van der Waals surface area contributed by atoms with Gasteiger partial charge in [-0.3, -0.25) is 4.57 Å². The van der Waals surface area contributed by atoms with Crippen LogP contribution in [0, 0.1) is 0 Å². The number of aliphatic hydroxyl groups excluding tert-OH is 1. The number of rotatable bonds is 11. The minimum absolute atomic E-state index is 0.0591. The first-order valence-corrected chi connectivity index (χ1v) is 9.59. The van der Waals surface area contributed by atoms with Gasteiger partial charge in [0.25, 0.3) is 0 Å². The maximum atomic E-state index is 12.3. The van der Waals surface area contributed by atoms with Gasteiger partial charge in [0.1, 0.15) is 11.0 Å². The maximum Gasteiger partial charge on any atom is 0.330 e. The van der Waals surface area contributed by atoms with E-state index in [1.54, 1.807) is 13.8 Å². The van der Waals surface area contributed by atoms with E-state index in [1.165, 1.54) is 6.07 Å². The van der Waals surface area contributed by atoms with Gasteiger partial charge in [0, 0.05) is 12.6 Å². The Kier molecular flexibility index (Phi) is 8.79. The number of nitrogens with two attached hydrogens (primary N) is 1. The molecule has 0 aliphatic carbocycles. The SMILES string of the molecule is CCOP(=O)(CCCC(O)CNc1cc(Cl)nc(N)n1)OCC. The van der Waals surface area contributed by atoms with Crippen molar-refractivity contribution < 1.29 is 18.7 Å². The van der Waals surface area contributed by atoms with Crippen LogP contribution in [0.2, 0.25) is 5.15 Å². The topological polar surface area (TPSA) is 120 Å². The molecule has 23 heavy (non-hydrogen) atoms. The standard InChI is InChI=1S/C13H24ClN4O4P/c1-3-21-23(20,22-4-2)7-5-6-10(19)9-16-12-8-11(14)17-13(15)18-12/h8,10,19H,3-7,9H2,1-2H3,(H3,15,16,17,18). The molecule has 1 rings (SSSR count). The first-order valence-electron chi connectivity index (χ1n) is 7.48. The molecule has 1 heterocycles. The molecule has 4 N–H and O–H groups in total. The van der Waals surface area contributed by atoms with Crippen LogP contribution in [0.5, 0.6) is 0 Å². The smallest absolute Gasteiger partial charge is 0.330 e. The number of halogens is 1. The fraction of sp³-hybridized carbons (Fsp3) is 0.692. The molecule has 0 aliphatic rings. The second-order valence-corrected chi connectivity index (χ2v) is 7.35. The molecular weight excluding hydrogens is 343 g/mol. The van der Waals surface area contributed by atoms with E-state index in [-0.39, 0.29) is 23.8 Å². The van der Waals surface area contributed by atoms with E-state index >= 15 is 0 Å². The van der Waals surface area contributed by atoms with Gasteiger partial charge in [-0.05, 0) is 26.7 Å². The normalized spacial score (nSPS) is 13.0. The third kappa shape index (κ3) is 7.94. The highest BCUT2D eigenvalue weighted by Gasteiger charge is 2.23. The molecule has 0 saturated carbocycles. The van der Waals surface area contributed by atoms with Gasteiger partial charge in [-0.25, -0.2) is 4.98 Å². The largest absolute Gasteiger partial charge is 0.391 e. The van der Waals surface area contributed by atoms with Gasteiger partial charge in [-0.2, -0.15) is 4.98 Å². The summed E-state index contributed by atoms with van der Waals surface area (Å²) >= 11 is 5.77. The molecule has 1 atom stereocenters. The minimum Gasteiger partial charge on any atom is -0.391 e. The average Bonchev–Trinajstić information content (AvgIpc) is 2.44. The summed E-state index contributed by atoms with van der Waals surface area (Å²) in [7, 11) is -3.05. The van der Waals surface area contributed by atoms with Crippen LogP contribution in [0.15, 0.2) is 6.07 Å². The van der Waals surface area contributed by atoms with E-state index in [4.69, 9.17) is 26.4 Å². The Hall–Kier alpha value is -0.920. The Morgan fingerprint density at radius 3 is 2.61 bits per heavy atom. The summed E-state index contributed by atoms with van der Waals surface area (Å²) in [6.45, 7) is 4.46. The van der Waals surface area contributed by atoms with E-state index in [0.717, 1.165) is 0 Å². The average molecular weight is 367 g/mol. The van der Waals surface area contributed by atoms with E-state index in [2.05, 4.69) is 15.3 Å². The highest BCUT2D eigenvalue weighted by molar-refractivity contribution is 7.53. The number of hydrogen-bond acceptors (Lipinski definition) is 8. The monoisotopic (exact) mass is 366 g/mol. The molecule has 0 aliphatic heterocycles. The Labute approximate surface area is 141 Å². The second-order valence-electron chi connectivity index (χ2n) is 4.78. The minimum atomic E-state index is -3.05. The molecule has 0 spiro atoms. The number of aromatic nitrogens is 2. The summed E-state index contributed by atoms with van der Waals surface area (Å²) in [5.74, 6) is 0.500. The third-order valence-electron chi connectivity index (χ3n) is 2.85. The van der Waals surface area contributed by atoms with Gasteiger partial charge in [0.05, 0.1) is 25.5 Å². The van der Waals surface area contributed by atoms with E-state index in [0.29, 0.717) is 31.9 Å². The summed E-state index contributed by atoms with van der Waals surface area (Å²) in [5, 5.41) is 13.1. The van der Waals surface area contributed by atoms with Gasteiger partial charge in [-0.15, -0.1) is 0 Å². The quantitative estimate of drug-likeness (QED) is 0.403. The molecule has 0 radical (unpaired) electrons. The highest BCUT2D eigenvalue weighted by Crippen LogP contribution is 2.48. The lowest BCUT2D eigenvalue weighted by atomic mass is 10.2. The van der Waals surface area contributed by atoms with Crippen LogP contribution in [0.4, 0.5) is 11.8 Å². The zero-order valence-corrected chi connectivity index (χ0v) is 15.0. The molecule has 0 bridgehead atoms. The lowest BCUT2D eigenvalue weighted by Gasteiger charge is -2.18. The van der Waals surface area contributed by atoms with Gasteiger partial charge in [-0.1, -0.05) is 11.6 Å². The Morgan fingerprint density at radius 2 is 2.04 bits per heavy atom. The fourth-order valence-electron chi connectivity index (χ4n) is 1.93. The van der Waals surface area contributed by atoms with Crippen molar-refractivity contribution in [2.75, 3.05) is 37.0 Å². The maximum absolute atomic E-state index is 12.3. The van der Waals surface area contributed by atoms with Crippen LogP contribution in [0.1, 0.15) is 26.7 Å². The second kappa shape index (κ2) is 10.1. The molecular formula is C13H24ClN4O4P. The van der Waals surface area contributed by atoms with Gasteiger partial charge in [0.15, 0.2) is 0 Å². The summed E-state index contributed by atoms with van der Waals surface area (Å²) in [6, 6.07) is 1.52. The lowest BCUT2D eigenvalue weighted by molar-refractivity contribution is 0.174. The number of aliphatic hydroxyl groups is 1. The predicted octanol–water partition coefficient (Wildman–Crippen LogP) is 2.53. The van der Waals surface area contributed by atoms with Gasteiger partial charge < -0.3 is 25.2 Å². The van der Waals surface area contributed by atoms with Crippen LogP contribution < -0.4 is 11.1 Å². The van der Waals surface area contributed by atoms with Crippen molar-refractivity contribution in [3.63, 3.8) is 0 Å². The Bertz CT molecular complexity index is 504. The Balaban J connectivity index is 2.36. The third-order valence-corrected chi connectivity index (χ3v) is 5.21. The molecule has 8 nitrogen and oxygen atoms in total. The van der Waals surface area contributed by atoms with Crippen molar-refractivity contribution in [1.29, 1.82) is 0 Å². The van der Waals surface area contributed by atoms with Crippen molar-refractivity contribution in [2.24, 2.45) is 0 Å². The van der Waals surface area contributed by atoms with Crippen LogP contribution in [-0.2, 0) is 13.6 Å². The molecule has 10 heteroatoms. The van der Waals surface area contributed by atoms with Crippen LogP contribution >= 0.6 is 19.2 Å². The zero-order chi connectivity index (χ0) is 17.3.